The highest BCUT2D eigenvalue weighted by Crippen LogP contribution is 2.34. The molecule has 0 amide bonds. The van der Waals surface area contributed by atoms with E-state index in [4.69, 9.17) is 4.98 Å². The second-order valence-electron chi connectivity index (χ2n) is 7.09. The number of nitrogens with zero attached hydrogens (tertiary/aromatic N) is 2. The molecule has 26 heavy (non-hydrogen) atoms. The summed E-state index contributed by atoms with van der Waals surface area (Å²) >= 11 is 0. The molecule has 0 bridgehead atoms. The number of fused-ring (bicyclic) bond motifs is 1. The Morgan fingerprint density at radius 3 is 1.88 bits per heavy atom. The molecule has 2 aromatic carbocycles. The van der Waals surface area contributed by atoms with Crippen molar-refractivity contribution in [3.8, 4) is 11.3 Å². The summed E-state index contributed by atoms with van der Waals surface area (Å²) in [6, 6.07) is 6.75. The topological polar surface area (TPSA) is 16.8 Å². The van der Waals surface area contributed by atoms with Crippen LogP contribution >= 0.6 is 0 Å². The van der Waals surface area contributed by atoms with Crippen LogP contribution in [0.1, 0.15) is 53.1 Å². The molecule has 0 saturated carbocycles. The molecule has 1 aromatic heterocycles. The quantitative estimate of drug-likeness (QED) is 0.499. The van der Waals surface area contributed by atoms with E-state index < -0.39 is 0 Å². The molecule has 0 N–H and O–H groups in total. The number of hydrogen-bond donors (Lipinski definition) is 0. The Morgan fingerprint density at radius 1 is 0.731 bits per heavy atom. The van der Waals surface area contributed by atoms with Gasteiger partial charge in [-0.2, -0.15) is 0 Å². The number of rotatable bonds is 1. The summed E-state index contributed by atoms with van der Waals surface area (Å²) in [5, 5.41) is 1.28. The molecule has 0 radical (unpaired) electrons. The summed E-state index contributed by atoms with van der Waals surface area (Å²) in [6.07, 6.45) is 0. The maximum absolute atomic E-state index is 4.93. The molecular weight excluding hydrogens is 316 g/mol. The van der Waals surface area contributed by atoms with Gasteiger partial charge in [0.2, 0.25) is 0 Å². The molecule has 2 nitrogen and oxygen atoms in total. The Bertz CT molecular complexity index is 982. The van der Waals surface area contributed by atoms with Gasteiger partial charge < -0.3 is 0 Å². The number of benzene rings is 2. The van der Waals surface area contributed by atoms with Gasteiger partial charge in [-0.15, -0.1) is 0 Å². The zero-order chi connectivity index (χ0) is 19.8. The van der Waals surface area contributed by atoms with Gasteiger partial charge in [-0.05, 0) is 80.4 Å². The number of aromatic nitrogens is 2. The SMILES string of the molecule is CC.Cc1ccc(-c2c3c(C)c(C)c(C)c(C)c3nc(C)[n+]2C)cc1C. The van der Waals surface area contributed by atoms with Crippen molar-refractivity contribution in [1.82, 2.24) is 4.98 Å². The van der Waals surface area contributed by atoms with Crippen LogP contribution in [0.4, 0.5) is 0 Å². The van der Waals surface area contributed by atoms with E-state index in [1.807, 2.05) is 13.8 Å². The fourth-order valence-electron chi connectivity index (χ4n) is 3.52. The van der Waals surface area contributed by atoms with E-state index in [1.165, 1.54) is 50.0 Å². The van der Waals surface area contributed by atoms with Gasteiger partial charge in [-0.1, -0.05) is 26.0 Å². The van der Waals surface area contributed by atoms with Crippen molar-refractivity contribution < 1.29 is 4.57 Å². The monoisotopic (exact) mass is 349 g/mol. The van der Waals surface area contributed by atoms with Crippen molar-refractivity contribution >= 4 is 10.9 Å². The minimum Gasteiger partial charge on any atom is -0.230 e. The van der Waals surface area contributed by atoms with Crippen LogP contribution in [-0.2, 0) is 7.05 Å². The van der Waals surface area contributed by atoms with Crippen LogP contribution in [0.15, 0.2) is 18.2 Å². The molecule has 0 atom stereocenters. The van der Waals surface area contributed by atoms with Gasteiger partial charge in [0.05, 0.1) is 12.4 Å². The zero-order valence-corrected chi connectivity index (χ0v) is 18.1. The summed E-state index contributed by atoms with van der Waals surface area (Å²) < 4.78 is 2.23. The Kier molecular flexibility index (Phi) is 5.85. The van der Waals surface area contributed by atoms with Crippen molar-refractivity contribution in [2.24, 2.45) is 7.05 Å². The van der Waals surface area contributed by atoms with Crippen LogP contribution < -0.4 is 4.57 Å². The van der Waals surface area contributed by atoms with Crippen molar-refractivity contribution in [1.29, 1.82) is 0 Å². The first-order valence-electron chi connectivity index (χ1n) is 9.58. The van der Waals surface area contributed by atoms with Crippen molar-refractivity contribution in [3.63, 3.8) is 0 Å². The molecule has 0 unspecified atom stereocenters. The molecule has 138 valence electrons. The third-order valence-corrected chi connectivity index (χ3v) is 5.77. The summed E-state index contributed by atoms with van der Waals surface area (Å²) in [5.41, 5.74) is 11.7. The lowest BCUT2D eigenvalue weighted by Crippen LogP contribution is -2.36. The Hall–Kier alpha value is -2.22. The summed E-state index contributed by atoms with van der Waals surface area (Å²) in [4.78, 5) is 4.93. The zero-order valence-electron chi connectivity index (χ0n) is 18.1. The van der Waals surface area contributed by atoms with Crippen molar-refractivity contribution in [3.05, 3.63) is 57.4 Å². The fraction of sp³-hybridized carbons (Fsp3) is 0.417. The summed E-state index contributed by atoms with van der Waals surface area (Å²) in [5.74, 6) is 1.04. The van der Waals surface area contributed by atoms with E-state index in [1.54, 1.807) is 0 Å². The molecule has 2 heteroatoms. The predicted molar refractivity (Wildman–Crippen MR) is 113 cm³/mol. The average molecular weight is 350 g/mol. The first-order valence-corrected chi connectivity index (χ1v) is 9.58. The lowest BCUT2D eigenvalue weighted by Gasteiger charge is -2.16. The Balaban J connectivity index is 0.00000117. The second kappa shape index (κ2) is 7.57. The molecule has 3 aromatic rings. The predicted octanol–water partition coefficient (Wildman–Crippen LogP) is 5.91. The first kappa shape index (κ1) is 20.1. The molecule has 0 fully saturated rings. The third-order valence-electron chi connectivity index (χ3n) is 5.77. The van der Waals surface area contributed by atoms with Gasteiger partial charge in [0, 0.05) is 18.1 Å². The van der Waals surface area contributed by atoms with E-state index >= 15 is 0 Å². The first-order chi connectivity index (χ1) is 12.2. The highest BCUT2D eigenvalue weighted by molar-refractivity contribution is 5.96. The van der Waals surface area contributed by atoms with Gasteiger partial charge in [0.1, 0.15) is 5.69 Å². The Labute approximate surface area is 158 Å². The van der Waals surface area contributed by atoms with E-state index in [0.29, 0.717) is 0 Å². The summed E-state index contributed by atoms with van der Waals surface area (Å²) in [6.45, 7) is 19.3. The van der Waals surface area contributed by atoms with E-state index in [0.717, 1.165) is 11.3 Å². The van der Waals surface area contributed by atoms with Gasteiger partial charge >= 0.3 is 0 Å². The lowest BCUT2D eigenvalue weighted by molar-refractivity contribution is -0.668. The molecule has 0 aliphatic heterocycles. The minimum atomic E-state index is 1.04. The van der Waals surface area contributed by atoms with Crippen LogP contribution in [0.3, 0.4) is 0 Å². The average Bonchev–Trinajstić information content (AvgIpc) is 2.64. The minimum absolute atomic E-state index is 1.04. The smallest absolute Gasteiger partial charge is 0.230 e. The fourth-order valence-corrected chi connectivity index (χ4v) is 3.52. The van der Waals surface area contributed by atoms with Crippen LogP contribution in [0.25, 0.3) is 22.2 Å². The largest absolute Gasteiger partial charge is 0.296 e. The lowest BCUT2D eigenvalue weighted by atomic mass is 9.91. The molecule has 0 aliphatic rings. The molecule has 0 aliphatic carbocycles. The van der Waals surface area contributed by atoms with Crippen LogP contribution in [0.5, 0.6) is 0 Å². The highest BCUT2D eigenvalue weighted by Gasteiger charge is 2.24. The molecule has 0 spiro atoms. The number of hydrogen-bond acceptors (Lipinski definition) is 1. The van der Waals surface area contributed by atoms with Crippen LogP contribution in [0, 0.1) is 48.5 Å². The molecule has 0 saturated heterocycles. The summed E-state index contributed by atoms with van der Waals surface area (Å²) in [7, 11) is 2.12. The Morgan fingerprint density at radius 2 is 1.31 bits per heavy atom. The maximum atomic E-state index is 4.93. The normalized spacial score (nSPS) is 10.7. The highest BCUT2D eigenvalue weighted by atomic mass is 15.0. The van der Waals surface area contributed by atoms with Gasteiger partial charge in [-0.3, -0.25) is 0 Å². The third kappa shape index (κ3) is 3.13. The van der Waals surface area contributed by atoms with E-state index in [-0.39, 0.29) is 0 Å². The van der Waals surface area contributed by atoms with Gasteiger partial charge in [0.25, 0.3) is 5.82 Å². The van der Waals surface area contributed by atoms with E-state index in [9.17, 15) is 0 Å². The van der Waals surface area contributed by atoms with Crippen molar-refractivity contribution in [2.75, 3.05) is 0 Å². The molecular formula is C24H33N2+. The number of aryl methyl sites for hydroxylation is 5. The molecule has 3 rings (SSSR count). The second-order valence-corrected chi connectivity index (χ2v) is 7.09. The van der Waals surface area contributed by atoms with E-state index in [2.05, 4.69) is 78.3 Å². The van der Waals surface area contributed by atoms with Crippen LogP contribution in [-0.4, -0.2) is 4.98 Å². The molecule has 1 heterocycles. The van der Waals surface area contributed by atoms with Crippen molar-refractivity contribution in [2.45, 2.75) is 62.3 Å². The maximum Gasteiger partial charge on any atom is 0.296 e. The standard InChI is InChI=1S/C22H27N2.C2H6/c1-12-9-10-19(11-13(12)2)22-20-16(5)14(3)15(4)17(6)21(20)23-18(7)24(22)8;1-2/h9-11H,1-8H3;1-2H3/q+1;. The van der Waals surface area contributed by atoms with Gasteiger partial charge in [-0.25, -0.2) is 4.57 Å². The van der Waals surface area contributed by atoms with Crippen LogP contribution in [0.2, 0.25) is 0 Å². The van der Waals surface area contributed by atoms with Gasteiger partial charge in [0.15, 0.2) is 5.52 Å².